The maximum Gasteiger partial charge on any atom is 0.330 e. The van der Waals surface area contributed by atoms with Crippen LogP contribution in [0.5, 0.6) is 0 Å². The quantitative estimate of drug-likeness (QED) is 0.0731. The van der Waals surface area contributed by atoms with Gasteiger partial charge in [-0.3, -0.25) is 43.0 Å². The molecule has 24 heteroatoms. The Morgan fingerprint density at radius 2 is 1.23 bits per heavy atom. The number of anilines is 1. The van der Waals surface area contributed by atoms with Gasteiger partial charge in [0.1, 0.15) is 54.9 Å². The molecule has 24 nitrogen and oxygen atoms in total. The zero-order valence-electron chi connectivity index (χ0n) is 26.6. The molecule has 12 atom stereocenters. The van der Waals surface area contributed by atoms with Crippen molar-refractivity contribution in [3.05, 3.63) is 82.9 Å². The molecule has 52 heavy (non-hydrogen) atoms. The van der Waals surface area contributed by atoms with E-state index in [0.29, 0.717) is 0 Å². The minimum atomic E-state index is -1.63. The van der Waals surface area contributed by atoms with Gasteiger partial charge in [0.05, 0.1) is 26.1 Å². The molecule has 0 spiro atoms. The Hall–Kier alpha value is -4.89. The molecule has 7 heterocycles. The fourth-order valence-corrected chi connectivity index (χ4v) is 6.48. The van der Waals surface area contributed by atoms with Crippen LogP contribution in [-0.4, -0.2) is 139 Å². The van der Waals surface area contributed by atoms with Crippen LogP contribution >= 0.6 is 0 Å². The number of fused-ring (bicyclic) bond motifs is 1. The fraction of sp³-hybridized carbons (Fsp3) is 0.536. The van der Waals surface area contributed by atoms with Crippen LogP contribution < -0.4 is 33.8 Å². The van der Waals surface area contributed by atoms with Crippen molar-refractivity contribution < 1.29 is 49.2 Å². The summed E-state index contributed by atoms with van der Waals surface area (Å²) in [4.78, 5) is 74.9. The number of ether oxygens (including phenoxy) is 5. The number of hydrogen-bond donors (Lipinski definition) is 9. The average molecular weight is 736 g/mol. The lowest BCUT2D eigenvalue weighted by Gasteiger charge is -2.26. The Bertz CT molecular complexity index is 2230. The molecule has 0 bridgehead atoms. The van der Waals surface area contributed by atoms with E-state index in [2.05, 4.69) is 19.9 Å². The topological polar surface area (TPSA) is 347 Å². The molecule has 0 aromatic carbocycles. The van der Waals surface area contributed by atoms with E-state index < -0.39 is 121 Å². The van der Waals surface area contributed by atoms with Gasteiger partial charge < -0.3 is 55.0 Å². The molecule has 0 radical (unpaired) electrons. The van der Waals surface area contributed by atoms with E-state index in [4.69, 9.17) is 29.4 Å². The van der Waals surface area contributed by atoms with E-state index in [-0.39, 0.29) is 17.1 Å². The summed E-state index contributed by atoms with van der Waals surface area (Å²) in [5, 5.41) is 54.2. The van der Waals surface area contributed by atoms with E-state index in [0.717, 1.165) is 33.7 Å². The molecular weight excluding hydrogens is 702 g/mol. The first-order chi connectivity index (χ1) is 24.9. The molecule has 3 fully saturated rings. The number of hydrogen-bond acceptors (Lipinski definition) is 18. The standard InChI is InChI=1S/C28H33N9O15/c29-26-33-21-14(22(45)34-26)30-8-37(21)23-16(42)15(41)10(51-23)6-48-20-11(52-25(18(20)44)36-4-2-13(40)32-28(36)47)7-49-19-9(5-38)50-24(17(19)43)35-3-1-12(39)31-27(35)46/h1-4,8-11,15-20,23-25,38,41-44H,5-7H2,(H,31,39,46)(H,32,40,47)(H3,29,33,34,45)/t9-,10-,11-,15-,16-,17-,18-,19-,20-,23-,24-,25-/m1/s1. The second-order valence-electron chi connectivity index (χ2n) is 12.2. The molecule has 4 aromatic rings. The van der Waals surface area contributed by atoms with Crippen molar-refractivity contribution in [2.75, 3.05) is 25.6 Å². The van der Waals surface area contributed by atoms with Crippen LogP contribution in [0.2, 0.25) is 0 Å². The molecule has 3 saturated heterocycles. The highest BCUT2D eigenvalue weighted by atomic mass is 16.6. The van der Waals surface area contributed by atoms with Crippen molar-refractivity contribution in [2.45, 2.75) is 73.6 Å². The Morgan fingerprint density at radius 3 is 1.81 bits per heavy atom. The highest BCUT2D eigenvalue weighted by Crippen LogP contribution is 2.36. The second kappa shape index (κ2) is 13.9. The van der Waals surface area contributed by atoms with Gasteiger partial charge in [0.25, 0.3) is 16.7 Å². The molecule has 3 aliphatic heterocycles. The maximum absolute atomic E-state index is 12.6. The number of nitrogen functional groups attached to an aromatic ring is 1. The molecule has 7 rings (SSSR count). The van der Waals surface area contributed by atoms with Crippen LogP contribution in [0, 0.1) is 0 Å². The molecule has 3 aliphatic rings. The lowest BCUT2D eigenvalue weighted by molar-refractivity contribution is -0.131. The first-order valence-corrected chi connectivity index (χ1v) is 15.7. The number of aliphatic hydroxyl groups is 5. The van der Waals surface area contributed by atoms with Crippen LogP contribution in [0.4, 0.5) is 5.95 Å². The molecule has 0 unspecified atom stereocenters. The summed E-state index contributed by atoms with van der Waals surface area (Å²) < 4.78 is 32.4. The van der Waals surface area contributed by atoms with Gasteiger partial charge in [0.2, 0.25) is 5.95 Å². The zero-order chi connectivity index (χ0) is 37.0. The highest BCUT2D eigenvalue weighted by Gasteiger charge is 2.51. The van der Waals surface area contributed by atoms with Gasteiger partial charge in [-0.15, -0.1) is 0 Å². The van der Waals surface area contributed by atoms with Crippen molar-refractivity contribution in [3.63, 3.8) is 0 Å². The number of nitrogens with two attached hydrogens (primary N) is 1. The van der Waals surface area contributed by atoms with Crippen LogP contribution in [-0.2, 0) is 23.7 Å². The SMILES string of the molecule is Nc1nc2c(ncn2[C@@H]2O[C@H](CO[C@H]3[C@@H](O)[C@H](n4ccc(=O)[nH]c4=O)O[C@@H]3CO[C@H]3[C@@H](O)[C@H](n4ccc(=O)[nH]c4=O)O[C@@H]3CO)[C@@H](O)[C@H]2O)c(=O)[nH]1. The number of nitrogens with one attached hydrogen (secondary N) is 3. The average Bonchev–Trinajstić information content (AvgIpc) is 3.82. The largest absolute Gasteiger partial charge is 0.394 e. The van der Waals surface area contributed by atoms with Gasteiger partial charge in [0, 0.05) is 24.5 Å². The summed E-state index contributed by atoms with van der Waals surface area (Å²) in [7, 11) is 0. The van der Waals surface area contributed by atoms with Crippen LogP contribution in [0.25, 0.3) is 11.2 Å². The van der Waals surface area contributed by atoms with Gasteiger partial charge in [-0.05, 0) is 0 Å². The fourth-order valence-electron chi connectivity index (χ4n) is 6.48. The molecule has 280 valence electrons. The molecule has 10 N–H and O–H groups in total. The predicted molar refractivity (Wildman–Crippen MR) is 168 cm³/mol. The van der Waals surface area contributed by atoms with Crippen molar-refractivity contribution in [2.24, 2.45) is 0 Å². The third kappa shape index (κ3) is 6.29. The zero-order valence-corrected chi connectivity index (χ0v) is 26.6. The summed E-state index contributed by atoms with van der Waals surface area (Å²) >= 11 is 0. The Morgan fingerprint density at radius 1 is 0.712 bits per heavy atom. The first-order valence-electron chi connectivity index (χ1n) is 15.7. The molecule has 0 amide bonds. The number of nitrogens with zero attached hydrogens (tertiary/aromatic N) is 5. The first kappa shape index (κ1) is 35.5. The van der Waals surface area contributed by atoms with Crippen molar-refractivity contribution >= 4 is 17.1 Å². The third-order valence-corrected chi connectivity index (χ3v) is 9.02. The minimum absolute atomic E-state index is 0.0305. The number of H-pyrrole nitrogens is 3. The third-order valence-electron chi connectivity index (χ3n) is 9.02. The van der Waals surface area contributed by atoms with Gasteiger partial charge in [0.15, 0.2) is 29.8 Å². The van der Waals surface area contributed by atoms with Gasteiger partial charge >= 0.3 is 11.4 Å². The second-order valence-corrected chi connectivity index (χ2v) is 12.2. The van der Waals surface area contributed by atoms with Crippen LogP contribution in [0.15, 0.2) is 54.8 Å². The van der Waals surface area contributed by atoms with E-state index in [9.17, 15) is 49.5 Å². The lowest BCUT2D eigenvalue weighted by Crippen LogP contribution is -2.44. The van der Waals surface area contributed by atoms with E-state index in [1.165, 1.54) is 10.9 Å². The molecule has 4 aromatic heterocycles. The Labute approximate surface area is 287 Å². The summed E-state index contributed by atoms with van der Waals surface area (Å²) in [6.45, 7) is -1.63. The predicted octanol–water partition coefficient (Wildman–Crippen LogP) is -6.30. The van der Waals surface area contributed by atoms with Gasteiger partial charge in [-0.2, -0.15) is 4.98 Å². The Kier molecular flexibility index (Phi) is 9.50. The Balaban J connectivity index is 1.10. The number of rotatable bonds is 10. The molecular formula is C28H33N9O15. The summed E-state index contributed by atoms with van der Waals surface area (Å²) in [5.41, 5.74) is 1.68. The highest BCUT2D eigenvalue weighted by molar-refractivity contribution is 5.70. The van der Waals surface area contributed by atoms with E-state index in [1.807, 2.05) is 4.98 Å². The van der Waals surface area contributed by atoms with Crippen LogP contribution in [0.3, 0.4) is 0 Å². The normalized spacial score (nSPS) is 33.3. The number of imidazole rings is 1. The van der Waals surface area contributed by atoms with Crippen LogP contribution in [0.1, 0.15) is 18.7 Å². The number of aromatic amines is 3. The smallest absolute Gasteiger partial charge is 0.330 e. The summed E-state index contributed by atoms with van der Waals surface area (Å²) in [6.07, 6.45) is -13.4. The summed E-state index contributed by atoms with van der Waals surface area (Å²) in [6, 6.07) is 2.06. The van der Waals surface area contributed by atoms with Crippen molar-refractivity contribution in [1.29, 1.82) is 0 Å². The van der Waals surface area contributed by atoms with E-state index >= 15 is 0 Å². The summed E-state index contributed by atoms with van der Waals surface area (Å²) in [5.74, 6) is -0.227. The molecule has 0 saturated carbocycles. The van der Waals surface area contributed by atoms with Crippen molar-refractivity contribution in [3.8, 4) is 0 Å². The van der Waals surface area contributed by atoms with Gasteiger partial charge in [-0.1, -0.05) is 0 Å². The van der Waals surface area contributed by atoms with Crippen molar-refractivity contribution in [1.82, 2.24) is 38.6 Å². The van der Waals surface area contributed by atoms with Gasteiger partial charge in [-0.25, -0.2) is 14.6 Å². The maximum atomic E-state index is 12.6. The van der Waals surface area contributed by atoms with E-state index in [1.54, 1.807) is 0 Å². The number of aromatic nitrogens is 8. The monoisotopic (exact) mass is 735 g/mol. The minimum Gasteiger partial charge on any atom is -0.394 e. The molecule has 0 aliphatic carbocycles. The lowest BCUT2D eigenvalue weighted by atomic mass is 10.1. The number of aliphatic hydroxyl groups excluding tert-OH is 5.